The normalized spacial score (nSPS) is 10.5. The van der Waals surface area contributed by atoms with Crippen LogP contribution in [0.15, 0.2) is 42.5 Å². The Kier molecular flexibility index (Phi) is 4.52. The number of hydrogen-bond donors (Lipinski definition) is 2. The fourth-order valence-electron chi connectivity index (χ4n) is 2.08. The molecule has 5 nitrogen and oxygen atoms in total. The summed E-state index contributed by atoms with van der Waals surface area (Å²) < 4.78 is 13.5. The second-order valence-corrected chi connectivity index (χ2v) is 6.25. The molecule has 24 heavy (non-hydrogen) atoms. The lowest BCUT2D eigenvalue weighted by Gasteiger charge is -2.05. The monoisotopic (exact) mass is 342 g/mol. The van der Waals surface area contributed by atoms with Crippen molar-refractivity contribution in [3.63, 3.8) is 0 Å². The number of benzene rings is 2. The summed E-state index contributed by atoms with van der Waals surface area (Å²) in [6.07, 6.45) is 0. The highest BCUT2D eigenvalue weighted by atomic mass is 32.1. The summed E-state index contributed by atoms with van der Waals surface area (Å²) in [5.74, 6) is -0.499. The molecule has 0 bridgehead atoms. The zero-order chi connectivity index (χ0) is 17.1. The SMILES string of the molecule is Cc1ccc(-c2nnc(NC(=O)Nc3ccccc3F)s2)cc1C. The molecule has 1 aromatic heterocycles. The second-order valence-electron chi connectivity index (χ2n) is 5.27. The van der Waals surface area contributed by atoms with E-state index >= 15 is 0 Å². The number of aromatic nitrogens is 2. The first-order valence-electron chi connectivity index (χ1n) is 7.26. The van der Waals surface area contributed by atoms with Gasteiger partial charge in [0, 0.05) is 5.56 Å². The van der Waals surface area contributed by atoms with Crippen LogP contribution in [0.1, 0.15) is 11.1 Å². The van der Waals surface area contributed by atoms with Crippen molar-refractivity contribution in [2.24, 2.45) is 0 Å². The van der Waals surface area contributed by atoms with Crippen LogP contribution < -0.4 is 10.6 Å². The Morgan fingerprint density at radius 3 is 2.58 bits per heavy atom. The van der Waals surface area contributed by atoms with Gasteiger partial charge in [-0.2, -0.15) is 0 Å². The molecule has 0 radical (unpaired) electrons. The van der Waals surface area contributed by atoms with E-state index in [9.17, 15) is 9.18 Å². The first kappa shape index (κ1) is 16.1. The van der Waals surface area contributed by atoms with Gasteiger partial charge in [0.15, 0.2) is 0 Å². The number of carbonyl (C=O) groups excluding carboxylic acids is 1. The molecule has 3 rings (SSSR count). The zero-order valence-electron chi connectivity index (χ0n) is 13.1. The summed E-state index contributed by atoms with van der Waals surface area (Å²) in [4.78, 5) is 11.9. The van der Waals surface area contributed by atoms with Gasteiger partial charge in [-0.3, -0.25) is 5.32 Å². The largest absolute Gasteiger partial charge is 0.325 e. The molecule has 0 spiro atoms. The number of nitrogens with one attached hydrogen (secondary N) is 2. The number of urea groups is 1. The van der Waals surface area contributed by atoms with Crippen molar-refractivity contribution in [2.45, 2.75) is 13.8 Å². The van der Waals surface area contributed by atoms with E-state index in [1.165, 1.54) is 29.0 Å². The summed E-state index contributed by atoms with van der Waals surface area (Å²) in [6, 6.07) is 11.4. The van der Waals surface area contributed by atoms with Crippen molar-refractivity contribution >= 4 is 28.2 Å². The summed E-state index contributed by atoms with van der Waals surface area (Å²) in [5, 5.41) is 14.1. The molecule has 0 aliphatic rings. The lowest BCUT2D eigenvalue weighted by molar-refractivity contribution is 0.262. The first-order valence-corrected chi connectivity index (χ1v) is 8.08. The second kappa shape index (κ2) is 6.76. The molecule has 0 unspecified atom stereocenters. The molecule has 122 valence electrons. The Hall–Kier alpha value is -2.80. The molecule has 0 fully saturated rings. The minimum atomic E-state index is -0.567. The van der Waals surface area contributed by atoms with Gasteiger partial charge in [-0.1, -0.05) is 35.6 Å². The number of amides is 2. The molecule has 0 aliphatic heterocycles. The van der Waals surface area contributed by atoms with E-state index in [1.54, 1.807) is 12.1 Å². The van der Waals surface area contributed by atoms with Crippen LogP contribution in [0.5, 0.6) is 0 Å². The maximum absolute atomic E-state index is 13.5. The zero-order valence-corrected chi connectivity index (χ0v) is 13.9. The van der Waals surface area contributed by atoms with Crippen LogP contribution in [-0.4, -0.2) is 16.2 Å². The van der Waals surface area contributed by atoms with Crippen molar-refractivity contribution in [2.75, 3.05) is 10.6 Å². The van der Waals surface area contributed by atoms with Crippen molar-refractivity contribution in [1.82, 2.24) is 10.2 Å². The third-order valence-electron chi connectivity index (χ3n) is 3.52. The van der Waals surface area contributed by atoms with Crippen LogP contribution in [0, 0.1) is 19.7 Å². The molecule has 0 saturated heterocycles. The van der Waals surface area contributed by atoms with Crippen LogP contribution in [0.2, 0.25) is 0 Å². The van der Waals surface area contributed by atoms with E-state index in [2.05, 4.69) is 20.8 Å². The molecule has 2 amide bonds. The van der Waals surface area contributed by atoms with E-state index in [0.29, 0.717) is 10.1 Å². The van der Waals surface area contributed by atoms with Gasteiger partial charge in [0.2, 0.25) is 5.13 Å². The van der Waals surface area contributed by atoms with Crippen LogP contribution >= 0.6 is 11.3 Å². The van der Waals surface area contributed by atoms with Gasteiger partial charge < -0.3 is 5.32 Å². The smallest absolute Gasteiger partial charge is 0.305 e. The third kappa shape index (κ3) is 3.57. The summed E-state index contributed by atoms with van der Waals surface area (Å²) in [6.45, 7) is 4.07. The van der Waals surface area contributed by atoms with E-state index < -0.39 is 11.8 Å². The number of carbonyl (C=O) groups is 1. The highest BCUT2D eigenvalue weighted by Gasteiger charge is 2.11. The van der Waals surface area contributed by atoms with Gasteiger partial charge in [0.05, 0.1) is 5.69 Å². The average Bonchev–Trinajstić information content (AvgIpc) is 3.00. The van der Waals surface area contributed by atoms with E-state index in [-0.39, 0.29) is 5.69 Å². The Morgan fingerprint density at radius 2 is 1.83 bits per heavy atom. The van der Waals surface area contributed by atoms with Crippen molar-refractivity contribution < 1.29 is 9.18 Å². The van der Waals surface area contributed by atoms with Gasteiger partial charge in [-0.05, 0) is 43.2 Å². The van der Waals surface area contributed by atoms with Gasteiger partial charge in [0.1, 0.15) is 10.8 Å². The third-order valence-corrected chi connectivity index (χ3v) is 4.41. The minimum Gasteiger partial charge on any atom is -0.305 e. The molecule has 0 aliphatic carbocycles. The van der Waals surface area contributed by atoms with Crippen molar-refractivity contribution in [3.8, 4) is 10.6 Å². The van der Waals surface area contributed by atoms with E-state index in [0.717, 1.165) is 11.1 Å². The molecular formula is C17H15FN4OS. The minimum absolute atomic E-state index is 0.105. The molecule has 0 saturated carbocycles. The average molecular weight is 342 g/mol. The van der Waals surface area contributed by atoms with Gasteiger partial charge in [-0.25, -0.2) is 9.18 Å². The van der Waals surface area contributed by atoms with Crippen molar-refractivity contribution in [3.05, 3.63) is 59.4 Å². The number of hydrogen-bond acceptors (Lipinski definition) is 4. The maximum Gasteiger partial charge on any atom is 0.325 e. The van der Waals surface area contributed by atoms with Gasteiger partial charge >= 0.3 is 6.03 Å². The van der Waals surface area contributed by atoms with Crippen LogP contribution in [0.3, 0.4) is 0 Å². The van der Waals surface area contributed by atoms with E-state index in [4.69, 9.17) is 0 Å². The lowest BCUT2D eigenvalue weighted by Crippen LogP contribution is -2.19. The Bertz CT molecular complexity index is 894. The summed E-state index contributed by atoms with van der Waals surface area (Å²) in [5.41, 5.74) is 3.41. The standard InChI is InChI=1S/C17H15FN4OS/c1-10-7-8-12(9-11(10)2)15-21-22-17(24-15)20-16(23)19-14-6-4-3-5-13(14)18/h3-9H,1-2H3,(H2,19,20,22,23). The van der Waals surface area contributed by atoms with Crippen molar-refractivity contribution in [1.29, 1.82) is 0 Å². The van der Waals surface area contributed by atoms with Gasteiger partial charge in [0.25, 0.3) is 0 Å². The molecule has 0 atom stereocenters. The van der Waals surface area contributed by atoms with Crippen LogP contribution in [0.4, 0.5) is 20.0 Å². The maximum atomic E-state index is 13.5. The first-order chi connectivity index (χ1) is 11.5. The number of halogens is 1. The fourth-order valence-corrected chi connectivity index (χ4v) is 2.81. The molecule has 1 heterocycles. The molecule has 2 N–H and O–H groups in total. The summed E-state index contributed by atoms with van der Waals surface area (Å²) >= 11 is 1.26. The number of anilines is 2. The highest BCUT2D eigenvalue weighted by molar-refractivity contribution is 7.18. The predicted octanol–water partition coefficient (Wildman–Crippen LogP) is 4.61. The lowest BCUT2D eigenvalue weighted by atomic mass is 10.1. The highest BCUT2D eigenvalue weighted by Crippen LogP contribution is 2.27. The predicted molar refractivity (Wildman–Crippen MR) is 93.9 cm³/mol. The Labute approximate surface area is 142 Å². The molecule has 2 aromatic carbocycles. The number of aryl methyl sites for hydroxylation is 2. The van der Waals surface area contributed by atoms with Gasteiger partial charge in [-0.15, -0.1) is 10.2 Å². The Balaban J connectivity index is 1.70. The number of para-hydroxylation sites is 1. The summed E-state index contributed by atoms with van der Waals surface area (Å²) in [7, 11) is 0. The molecular weight excluding hydrogens is 327 g/mol. The molecule has 7 heteroatoms. The van der Waals surface area contributed by atoms with E-state index in [1.807, 2.05) is 32.0 Å². The molecule has 3 aromatic rings. The van der Waals surface area contributed by atoms with Crippen LogP contribution in [-0.2, 0) is 0 Å². The Morgan fingerprint density at radius 1 is 1.04 bits per heavy atom. The fraction of sp³-hybridized carbons (Fsp3) is 0.118. The topological polar surface area (TPSA) is 66.9 Å². The number of rotatable bonds is 3. The van der Waals surface area contributed by atoms with Crippen LogP contribution in [0.25, 0.3) is 10.6 Å². The number of nitrogens with zero attached hydrogens (tertiary/aromatic N) is 2. The quantitative estimate of drug-likeness (QED) is 0.731.